The maximum Gasteiger partial charge on any atom is 0.339 e. The highest BCUT2D eigenvalue weighted by atomic mass is 16.5. The van der Waals surface area contributed by atoms with Crippen LogP contribution < -0.4 is 0 Å². The molecule has 5 aromatic rings. The fourth-order valence-electron chi connectivity index (χ4n) is 5.69. The standard InChI is InChI=1S/C31H25N3O2/c1-33-26-11-7-6-10-24(26)29-27(33)19-34-23(16-20-8-4-3-5-9-20)17-25(31(35)36-2)30(34)28(29)22-14-12-21(18-32)13-15-22/h3-15,17,28H,16,19H2,1-2H3. The third kappa shape index (κ3) is 3.34. The summed E-state index contributed by atoms with van der Waals surface area (Å²) in [5.74, 6) is -0.508. The minimum absolute atomic E-state index is 0.175. The van der Waals surface area contributed by atoms with Gasteiger partial charge >= 0.3 is 5.97 Å². The highest BCUT2D eigenvalue weighted by molar-refractivity contribution is 5.94. The van der Waals surface area contributed by atoms with Gasteiger partial charge in [-0.25, -0.2) is 4.79 Å². The number of esters is 1. The van der Waals surface area contributed by atoms with Gasteiger partial charge in [0.05, 0.1) is 36.8 Å². The SMILES string of the molecule is COC(=O)c1cc(Cc2ccccc2)n2c1C(c1ccc(C#N)cc1)c1c(n(C)c3ccccc13)C2. The molecule has 0 bridgehead atoms. The Bertz CT molecular complexity index is 1650. The van der Waals surface area contributed by atoms with Gasteiger partial charge < -0.3 is 13.9 Å². The van der Waals surface area contributed by atoms with E-state index in [0.29, 0.717) is 24.1 Å². The smallest absolute Gasteiger partial charge is 0.339 e. The lowest BCUT2D eigenvalue weighted by Gasteiger charge is -2.29. The third-order valence-corrected chi connectivity index (χ3v) is 7.37. The highest BCUT2D eigenvalue weighted by Crippen LogP contribution is 2.45. The Morgan fingerprint density at radius 1 is 1.03 bits per heavy atom. The van der Waals surface area contributed by atoms with E-state index in [2.05, 4.69) is 58.6 Å². The van der Waals surface area contributed by atoms with Gasteiger partial charge in [-0.2, -0.15) is 5.26 Å². The number of para-hydroxylation sites is 1. The monoisotopic (exact) mass is 471 g/mol. The highest BCUT2D eigenvalue weighted by Gasteiger charge is 2.37. The Hall–Kier alpha value is -4.56. The Kier molecular flexibility index (Phi) is 5.23. The number of hydrogen-bond donors (Lipinski definition) is 0. The fraction of sp³-hybridized carbons (Fsp3) is 0.161. The van der Waals surface area contributed by atoms with Crippen LogP contribution in [0.1, 0.15) is 55.6 Å². The molecule has 5 heteroatoms. The van der Waals surface area contributed by atoms with Gasteiger partial charge in [-0.3, -0.25) is 0 Å². The van der Waals surface area contributed by atoms with Crippen molar-refractivity contribution in [3.63, 3.8) is 0 Å². The Morgan fingerprint density at radius 2 is 1.75 bits per heavy atom. The lowest BCUT2D eigenvalue weighted by molar-refractivity contribution is 0.0599. The van der Waals surface area contributed by atoms with Crippen LogP contribution in [-0.2, 0) is 24.8 Å². The molecule has 0 saturated heterocycles. The average Bonchev–Trinajstić information content (AvgIpc) is 3.43. The molecule has 0 saturated carbocycles. The second-order valence-electron chi connectivity index (χ2n) is 9.28. The van der Waals surface area contributed by atoms with Crippen LogP contribution in [0.5, 0.6) is 0 Å². The van der Waals surface area contributed by atoms with Crippen LogP contribution in [0.2, 0.25) is 0 Å². The molecule has 0 amide bonds. The number of nitrogens with zero attached hydrogens (tertiary/aromatic N) is 3. The number of benzene rings is 3. The lowest BCUT2D eigenvalue weighted by atomic mass is 9.82. The second-order valence-corrected chi connectivity index (χ2v) is 9.28. The summed E-state index contributed by atoms with van der Waals surface area (Å²) in [6.45, 7) is 0.668. The van der Waals surface area contributed by atoms with E-state index in [1.807, 2.05) is 48.5 Å². The zero-order valence-electron chi connectivity index (χ0n) is 20.2. The van der Waals surface area contributed by atoms with Crippen LogP contribution in [-0.4, -0.2) is 22.2 Å². The first-order valence-corrected chi connectivity index (χ1v) is 12.0. The molecule has 1 atom stereocenters. The van der Waals surface area contributed by atoms with Gasteiger partial charge in [-0.1, -0.05) is 60.7 Å². The maximum absolute atomic E-state index is 13.1. The van der Waals surface area contributed by atoms with E-state index in [-0.39, 0.29) is 11.9 Å². The molecule has 176 valence electrons. The van der Waals surface area contributed by atoms with Crippen LogP contribution in [0.4, 0.5) is 0 Å². The molecule has 0 radical (unpaired) electrons. The van der Waals surface area contributed by atoms with Crippen molar-refractivity contribution >= 4 is 16.9 Å². The van der Waals surface area contributed by atoms with Crippen molar-refractivity contribution in [3.05, 3.63) is 130 Å². The molecule has 1 unspecified atom stereocenters. The molecule has 36 heavy (non-hydrogen) atoms. The number of methoxy groups -OCH3 is 1. The molecule has 1 aliphatic rings. The summed E-state index contributed by atoms with van der Waals surface area (Å²) in [6.07, 6.45) is 0.713. The largest absolute Gasteiger partial charge is 0.465 e. The average molecular weight is 472 g/mol. The number of fused-ring (bicyclic) bond motifs is 4. The number of carbonyl (C=O) groups excluding carboxylic acids is 1. The number of hydrogen-bond acceptors (Lipinski definition) is 3. The number of ether oxygens (including phenoxy) is 1. The van der Waals surface area contributed by atoms with Crippen molar-refractivity contribution in [2.45, 2.75) is 18.9 Å². The van der Waals surface area contributed by atoms with E-state index in [4.69, 9.17) is 4.74 Å². The first-order chi connectivity index (χ1) is 17.6. The first kappa shape index (κ1) is 21.9. The Morgan fingerprint density at radius 3 is 2.47 bits per heavy atom. The summed E-state index contributed by atoms with van der Waals surface area (Å²) in [7, 11) is 3.55. The van der Waals surface area contributed by atoms with Gasteiger partial charge in [0, 0.05) is 41.5 Å². The molecule has 3 aromatic carbocycles. The van der Waals surface area contributed by atoms with E-state index in [1.165, 1.54) is 29.3 Å². The van der Waals surface area contributed by atoms with E-state index in [9.17, 15) is 10.1 Å². The molecule has 0 fully saturated rings. The molecule has 1 aliphatic heterocycles. The summed E-state index contributed by atoms with van der Waals surface area (Å²) >= 11 is 0. The van der Waals surface area contributed by atoms with Crippen molar-refractivity contribution in [1.82, 2.24) is 9.13 Å². The number of nitriles is 1. The van der Waals surface area contributed by atoms with E-state index >= 15 is 0 Å². The molecule has 0 spiro atoms. The number of aromatic nitrogens is 2. The summed E-state index contributed by atoms with van der Waals surface area (Å²) in [4.78, 5) is 13.1. The Balaban J connectivity index is 1.65. The Labute approximate surface area is 209 Å². The molecule has 5 nitrogen and oxygen atoms in total. The first-order valence-electron chi connectivity index (χ1n) is 12.0. The summed E-state index contributed by atoms with van der Waals surface area (Å²) < 4.78 is 9.83. The molecule has 3 heterocycles. The fourth-order valence-corrected chi connectivity index (χ4v) is 5.69. The van der Waals surface area contributed by atoms with E-state index in [1.54, 1.807) is 0 Å². The van der Waals surface area contributed by atoms with Gasteiger partial charge in [0.1, 0.15) is 0 Å². The third-order valence-electron chi connectivity index (χ3n) is 7.37. The maximum atomic E-state index is 13.1. The molecular formula is C31H25N3O2. The zero-order chi connectivity index (χ0) is 24.8. The molecule has 0 N–H and O–H groups in total. The van der Waals surface area contributed by atoms with Crippen LogP contribution in [0, 0.1) is 11.3 Å². The number of carbonyl (C=O) groups is 1. The minimum Gasteiger partial charge on any atom is -0.465 e. The van der Waals surface area contributed by atoms with Crippen molar-refractivity contribution in [1.29, 1.82) is 5.26 Å². The van der Waals surface area contributed by atoms with Crippen LogP contribution in [0.25, 0.3) is 10.9 Å². The van der Waals surface area contributed by atoms with Crippen molar-refractivity contribution in [3.8, 4) is 6.07 Å². The predicted molar refractivity (Wildman–Crippen MR) is 139 cm³/mol. The summed E-state index contributed by atoms with van der Waals surface area (Å²) in [5.41, 5.74) is 9.05. The van der Waals surface area contributed by atoms with Gasteiger partial charge in [0.2, 0.25) is 0 Å². The predicted octanol–water partition coefficient (Wildman–Crippen LogP) is 5.77. The second kappa shape index (κ2) is 8.58. The topological polar surface area (TPSA) is 59.9 Å². The lowest BCUT2D eigenvalue weighted by Crippen LogP contribution is -2.24. The number of rotatable bonds is 4. The van der Waals surface area contributed by atoms with E-state index < -0.39 is 0 Å². The normalized spacial score (nSPS) is 14.2. The van der Waals surface area contributed by atoms with Crippen molar-refractivity contribution in [2.75, 3.05) is 7.11 Å². The molecule has 2 aromatic heterocycles. The molecular weight excluding hydrogens is 446 g/mol. The minimum atomic E-state index is -0.333. The van der Waals surface area contributed by atoms with Crippen molar-refractivity contribution < 1.29 is 9.53 Å². The molecule has 6 rings (SSSR count). The van der Waals surface area contributed by atoms with Crippen LogP contribution in [0.3, 0.4) is 0 Å². The van der Waals surface area contributed by atoms with Crippen molar-refractivity contribution in [2.24, 2.45) is 7.05 Å². The summed E-state index contributed by atoms with van der Waals surface area (Å²) in [6, 6.07) is 30.7. The molecule has 0 aliphatic carbocycles. The van der Waals surface area contributed by atoms with Gasteiger partial charge in [-0.05, 0) is 41.0 Å². The zero-order valence-corrected chi connectivity index (χ0v) is 20.2. The van der Waals surface area contributed by atoms with Crippen LogP contribution in [0.15, 0.2) is 84.9 Å². The van der Waals surface area contributed by atoms with Gasteiger partial charge in [0.15, 0.2) is 0 Å². The van der Waals surface area contributed by atoms with Gasteiger partial charge in [-0.15, -0.1) is 0 Å². The van der Waals surface area contributed by atoms with E-state index in [0.717, 1.165) is 22.5 Å². The quantitative estimate of drug-likeness (QED) is 0.307. The summed E-state index contributed by atoms with van der Waals surface area (Å²) in [5, 5.41) is 10.6. The number of aryl methyl sites for hydroxylation is 1. The van der Waals surface area contributed by atoms with Crippen LogP contribution >= 0.6 is 0 Å². The van der Waals surface area contributed by atoms with Gasteiger partial charge in [0.25, 0.3) is 0 Å².